The molecule has 0 saturated carbocycles. The fourth-order valence-electron chi connectivity index (χ4n) is 2.90. The molecule has 7 heteroatoms. The Morgan fingerprint density at radius 2 is 1.86 bits per heavy atom. The molecule has 0 aliphatic rings. The lowest BCUT2D eigenvalue weighted by atomic mass is 10.2. The van der Waals surface area contributed by atoms with Crippen LogP contribution in [0.3, 0.4) is 0 Å². The zero-order valence-corrected chi connectivity index (χ0v) is 16.6. The van der Waals surface area contributed by atoms with Gasteiger partial charge in [0.25, 0.3) is 5.91 Å². The number of carbonyl (C=O) groups excluding carboxylic acids is 2. The summed E-state index contributed by atoms with van der Waals surface area (Å²) < 4.78 is 1.96. The zero-order valence-electron chi connectivity index (χ0n) is 16.6. The topological polar surface area (TPSA) is 79.3 Å². The van der Waals surface area contributed by atoms with Crippen LogP contribution < -0.4 is 10.6 Å². The lowest BCUT2D eigenvalue weighted by molar-refractivity contribution is 0.102. The van der Waals surface area contributed by atoms with Crippen molar-refractivity contribution in [2.75, 3.05) is 12.4 Å². The SMILES string of the molecule is CC(C)NC(=O)N(C)Cc1nc2cc(NC(=O)c3ccccc3)ccc2n1C. The number of benzene rings is 2. The van der Waals surface area contributed by atoms with Crippen molar-refractivity contribution in [3.8, 4) is 0 Å². The van der Waals surface area contributed by atoms with Gasteiger partial charge in [-0.3, -0.25) is 4.79 Å². The Hall–Kier alpha value is -3.35. The van der Waals surface area contributed by atoms with E-state index in [1.165, 1.54) is 0 Å². The molecule has 0 fully saturated rings. The molecule has 1 aromatic heterocycles. The molecule has 0 bridgehead atoms. The van der Waals surface area contributed by atoms with Gasteiger partial charge < -0.3 is 20.1 Å². The largest absolute Gasteiger partial charge is 0.336 e. The van der Waals surface area contributed by atoms with E-state index < -0.39 is 0 Å². The number of aromatic nitrogens is 2. The van der Waals surface area contributed by atoms with Crippen molar-refractivity contribution in [1.82, 2.24) is 19.8 Å². The van der Waals surface area contributed by atoms with Gasteiger partial charge >= 0.3 is 6.03 Å². The highest BCUT2D eigenvalue weighted by Gasteiger charge is 2.15. The third kappa shape index (κ3) is 4.31. The first kappa shape index (κ1) is 19.4. The molecule has 0 saturated heterocycles. The van der Waals surface area contributed by atoms with E-state index in [-0.39, 0.29) is 18.0 Å². The van der Waals surface area contributed by atoms with Crippen molar-refractivity contribution in [2.45, 2.75) is 26.4 Å². The molecule has 3 amide bonds. The van der Waals surface area contributed by atoms with Gasteiger partial charge in [-0.1, -0.05) is 18.2 Å². The van der Waals surface area contributed by atoms with Gasteiger partial charge in [0.15, 0.2) is 0 Å². The summed E-state index contributed by atoms with van der Waals surface area (Å²) in [5.41, 5.74) is 2.98. The highest BCUT2D eigenvalue weighted by Crippen LogP contribution is 2.21. The van der Waals surface area contributed by atoms with Gasteiger partial charge in [-0.25, -0.2) is 9.78 Å². The van der Waals surface area contributed by atoms with Crippen LogP contribution in [0.1, 0.15) is 30.0 Å². The minimum Gasteiger partial charge on any atom is -0.336 e. The quantitative estimate of drug-likeness (QED) is 0.713. The van der Waals surface area contributed by atoms with E-state index in [4.69, 9.17) is 0 Å². The van der Waals surface area contributed by atoms with E-state index >= 15 is 0 Å². The summed E-state index contributed by atoms with van der Waals surface area (Å²) in [6.45, 7) is 4.23. The molecule has 0 aliphatic heterocycles. The van der Waals surface area contributed by atoms with Crippen LogP contribution in [0.2, 0.25) is 0 Å². The van der Waals surface area contributed by atoms with Gasteiger partial charge in [-0.05, 0) is 44.2 Å². The highest BCUT2D eigenvalue weighted by molar-refractivity contribution is 6.04. The van der Waals surface area contributed by atoms with Crippen LogP contribution in [-0.4, -0.2) is 39.5 Å². The van der Waals surface area contributed by atoms with E-state index in [2.05, 4.69) is 15.6 Å². The predicted octanol–water partition coefficient (Wildman–Crippen LogP) is 3.38. The van der Waals surface area contributed by atoms with Crippen molar-refractivity contribution >= 4 is 28.7 Å². The normalized spacial score (nSPS) is 10.9. The van der Waals surface area contributed by atoms with Gasteiger partial charge in [0.1, 0.15) is 5.82 Å². The number of hydrogen-bond acceptors (Lipinski definition) is 3. The molecule has 3 rings (SSSR count). The number of carbonyl (C=O) groups is 2. The summed E-state index contributed by atoms with van der Waals surface area (Å²) in [4.78, 5) is 30.7. The Morgan fingerprint density at radius 3 is 2.54 bits per heavy atom. The molecule has 2 aromatic carbocycles. The third-order valence-corrected chi connectivity index (χ3v) is 4.40. The predicted molar refractivity (Wildman–Crippen MR) is 110 cm³/mol. The molecule has 0 aliphatic carbocycles. The fraction of sp³-hybridized carbons (Fsp3) is 0.286. The average Bonchev–Trinajstić information content (AvgIpc) is 2.96. The van der Waals surface area contributed by atoms with E-state index in [0.717, 1.165) is 16.9 Å². The number of anilines is 1. The van der Waals surface area contributed by atoms with Crippen LogP contribution in [0, 0.1) is 0 Å². The van der Waals surface area contributed by atoms with Gasteiger partial charge in [0.2, 0.25) is 0 Å². The Labute approximate surface area is 164 Å². The van der Waals surface area contributed by atoms with E-state index in [9.17, 15) is 9.59 Å². The number of nitrogens with one attached hydrogen (secondary N) is 2. The molecule has 7 nitrogen and oxygen atoms in total. The lowest BCUT2D eigenvalue weighted by Gasteiger charge is -2.19. The Morgan fingerprint density at radius 1 is 1.14 bits per heavy atom. The second-order valence-electron chi connectivity index (χ2n) is 7.07. The molecular formula is C21H25N5O2. The molecule has 146 valence electrons. The second-order valence-corrected chi connectivity index (χ2v) is 7.07. The van der Waals surface area contributed by atoms with Crippen molar-refractivity contribution in [3.63, 3.8) is 0 Å². The fourth-order valence-corrected chi connectivity index (χ4v) is 2.90. The number of imidazole rings is 1. The summed E-state index contributed by atoms with van der Waals surface area (Å²) in [6.07, 6.45) is 0. The van der Waals surface area contributed by atoms with Crippen LogP contribution in [0.5, 0.6) is 0 Å². The Bertz CT molecular complexity index is 995. The van der Waals surface area contributed by atoms with Crippen LogP contribution in [0.4, 0.5) is 10.5 Å². The van der Waals surface area contributed by atoms with E-state index in [1.807, 2.05) is 61.9 Å². The number of hydrogen-bond donors (Lipinski definition) is 2. The smallest absolute Gasteiger partial charge is 0.317 e. The van der Waals surface area contributed by atoms with E-state index in [1.54, 1.807) is 24.1 Å². The number of nitrogens with zero attached hydrogens (tertiary/aromatic N) is 3. The molecule has 3 aromatic rings. The minimum absolute atomic E-state index is 0.0752. The monoisotopic (exact) mass is 379 g/mol. The van der Waals surface area contributed by atoms with Crippen molar-refractivity contribution in [1.29, 1.82) is 0 Å². The first-order valence-corrected chi connectivity index (χ1v) is 9.18. The maximum absolute atomic E-state index is 12.3. The molecular weight excluding hydrogens is 354 g/mol. The third-order valence-electron chi connectivity index (χ3n) is 4.40. The minimum atomic E-state index is -0.166. The van der Waals surface area contributed by atoms with Crippen molar-refractivity contribution in [2.24, 2.45) is 7.05 Å². The molecule has 28 heavy (non-hydrogen) atoms. The number of rotatable bonds is 5. The molecule has 1 heterocycles. The van der Waals surface area contributed by atoms with Gasteiger partial charge in [0, 0.05) is 31.4 Å². The van der Waals surface area contributed by atoms with Crippen molar-refractivity contribution in [3.05, 3.63) is 59.9 Å². The summed E-state index contributed by atoms with van der Waals surface area (Å²) >= 11 is 0. The molecule has 2 N–H and O–H groups in total. The Balaban J connectivity index is 1.78. The number of urea groups is 1. The van der Waals surface area contributed by atoms with E-state index in [0.29, 0.717) is 17.8 Å². The molecule has 0 unspecified atom stereocenters. The number of fused-ring (bicyclic) bond motifs is 1. The molecule has 0 atom stereocenters. The van der Waals surface area contributed by atoms with Crippen molar-refractivity contribution < 1.29 is 9.59 Å². The highest BCUT2D eigenvalue weighted by atomic mass is 16.2. The maximum Gasteiger partial charge on any atom is 0.317 e. The number of amides is 3. The lowest BCUT2D eigenvalue weighted by Crippen LogP contribution is -2.40. The summed E-state index contributed by atoms with van der Waals surface area (Å²) in [6, 6.07) is 14.6. The standard InChI is InChI=1S/C21H25N5O2/c1-14(2)22-21(28)25(3)13-19-24-17-12-16(10-11-18(17)26(19)4)23-20(27)15-8-6-5-7-9-15/h5-12,14H,13H2,1-4H3,(H,22,28)(H,23,27). The van der Waals surface area contributed by atoms with Crippen LogP contribution >= 0.6 is 0 Å². The zero-order chi connectivity index (χ0) is 20.3. The van der Waals surface area contributed by atoms with Crippen LogP contribution in [0.15, 0.2) is 48.5 Å². The summed E-state index contributed by atoms with van der Waals surface area (Å²) in [5, 5.41) is 5.76. The van der Waals surface area contributed by atoms with Crippen LogP contribution in [0.25, 0.3) is 11.0 Å². The summed E-state index contributed by atoms with van der Waals surface area (Å²) in [5.74, 6) is 0.601. The van der Waals surface area contributed by atoms with Gasteiger partial charge in [-0.2, -0.15) is 0 Å². The Kier molecular flexibility index (Phi) is 5.63. The second kappa shape index (κ2) is 8.12. The average molecular weight is 379 g/mol. The molecule has 0 spiro atoms. The van der Waals surface area contributed by atoms with Gasteiger partial charge in [-0.15, -0.1) is 0 Å². The maximum atomic E-state index is 12.3. The van der Waals surface area contributed by atoms with Gasteiger partial charge in [0.05, 0.1) is 17.6 Å². The first-order chi connectivity index (χ1) is 13.3. The van der Waals surface area contributed by atoms with Crippen LogP contribution in [-0.2, 0) is 13.6 Å². The molecule has 0 radical (unpaired) electrons. The first-order valence-electron chi connectivity index (χ1n) is 9.18. The summed E-state index contributed by atoms with van der Waals surface area (Å²) in [7, 11) is 3.66. The number of aryl methyl sites for hydroxylation is 1.